The molecule has 0 radical (unpaired) electrons. The van der Waals surface area contributed by atoms with Crippen molar-refractivity contribution in [3.63, 3.8) is 0 Å². The highest BCUT2D eigenvalue weighted by Gasteiger charge is 2.14. The Balaban J connectivity index is 2.08. The number of anilines is 2. The van der Waals surface area contributed by atoms with Crippen LogP contribution in [0.4, 0.5) is 11.4 Å². The molecule has 0 bridgehead atoms. The van der Waals surface area contributed by atoms with Crippen LogP contribution in [0.3, 0.4) is 0 Å². The first-order valence-corrected chi connectivity index (χ1v) is 8.43. The third-order valence-corrected chi connectivity index (χ3v) is 3.82. The number of hydrogen-bond donors (Lipinski definition) is 2. The molecule has 0 aliphatic carbocycles. The molecule has 0 heterocycles. The monoisotopic (exact) mass is 355 g/mol. The van der Waals surface area contributed by atoms with E-state index in [1.807, 2.05) is 55.4 Å². The lowest BCUT2D eigenvalue weighted by Gasteiger charge is -2.18. The van der Waals surface area contributed by atoms with E-state index in [4.69, 9.17) is 4.74 Å². The molecule has 2 amide bonds. The molecule has 0 saturated heterocycles. The predicted molar refractivity (Wildman–Crippen MR) is 104 cm³/mol. The van der Waals surface area contributed by atoms with Crippen molar-refractivity contribution in [3.8, 4) is 0 Å². The van der Waals surface area contributed by atoms with Gasteiger partial charge in [0.1, 0.15) is 6.61 Å². The van der Waals surface area contributed by atoms with Gasteiger partial charge in [0, 0.05) is 39.1 Å². The molecule has 2 aromatic rings. The summed E-state index contributed by atoms with van der Waals surface area (Å²) in [7, 11) is 5.21. The molecule has 0 spiro atoms. The van der Waals surface area contributed by atoms with Crippen molar-refractivity contribution in [1.82, 2.24) is 5.32 Å². The van der Waals surface area contributed by atoms with Gasteiger partial charge in [-0.1, -0.05) is 30.3 Å². The number of nitrogens with one attached hydrogen (secondary N) is 2. The largest absolute Gasteiger partial charge is 0.377 e. The lowest BCUT2D eigenvalue weighted by atomic mass is 10.1. The van der Waals surface area contributed by atoms with Crippen molar-refractivity contribution < 1.29 is 14.3 Å². The standard InChI is InChI=1S/C20H25N3O3/c1-23(2)18-10-9-16(22-19(24)14-26-3)13-17(18)20(25)21-12-11-15-7-5-4-6-8-15/h4-10,13H,11-12,14H2,1-3H3,(H,21,25)(H,22,24). The summed E-state index contributed by atoms with van der Waals surface area (Å²) in [5.41, 5.74) is 3.03. The van der Waals surface area contributed by atoms with Crippen molar-refractivity contribution in [2.75, 3.05) is 44.6 Å². The van der Waals surface area contributed by atoms with Crippen LogP contribution < -0.4 is 15.5 Å². The Bertz CT molecular complexity index is 745. The first kappa shape index (κ1) is 19.5. The fraction of sp³-hybridized carbons (Fsp3) is 0.300. The van der Waals surface area contributed by atoms with Gasteiger partial charge in [-0.25, -0.2) is 0 Å². The topological polar surface area (TPSA) is 70.7 Å². The molecule has 26 heavy (non-hydrogen) atoms. The molecule has 0 saturated carbocycles. The second kappa shape index (κ2) is 9.58. The zero-order valence-electron chi connectivity index (χ0n) is 15.4. The summed E-state index contributed by atoms with van der Waals surface area (Å²) in [5, 5.41) is 5.67. The van der Waals surface area contributed by atoms with Crippen LogP contribution >= 0.6 is 0 Å². The van der Waals surface area contributed by atoms with Crippen molar-refractivity contribution in [2.45, 2.75) is 6.42 Å². The Morgan fingerprint density at radius 1 is 1.08 bits per heavy atom. The van der Waals surface area contributed by atoms with Gasteiger partial charge < -0.3 is 20.3 Å². The molecule has 2 rings (SSSR count). The fourth-order valence-corrected chi connectivity index (χ4v) is 2.57. The molecule has 0 aliphatic heterocycles. The van der Waals surface area contributed by atoms with Crippen LogP contribution in [0.2, 0.25) is 0 Å². The Morgan fingerprint density at radius 3 is 2.46 bits per heavy atom. The van der Waals surface area contributed by atoms with E-state index >= 15 is 0 Å². The van der Waals surface area contributed by atoms with Gasteiger partial charge in [-0.3, -0.25) is 9.59 Å². The normalized spacial score (nSPS) is 10.3. The van der Waals surface area contributed by atoms with Crippen LogP contribution in [0, 0.1) is 0 Å². The number of methoxy groups -OCH3 is 1. The molecule has 6 heteroatoms. The van der Waals surface area contributed by atoms with Gasteiger partial charge in [-0.2, -0.15) is 0 Å². The van der Waals surface area contributed by atoms with E-state index in [9.17, 15) is 9.59 Å². The molecular formula is C20H25N3O3. The average molecular weight is 355 g/mol. The summed E-state index contributed by atoms with van der Waals surface area (Å²) in [6, 6.07) is 15.3. The molecule has 0 aliphatic rings. The molecule has 0 aromatic heterocycles. The molecule has 6 nitrogen and oxygen atoms in total. The first-order chi connectivity index (χ1) is 12.5. The number of benzene rings is 2. The van der Waals surface area contributed by atoms with Gasteiger partial charge in [0.15, 0.2) is 0 Å². The summed E-state index contributed by atoms with van der Waals surface area (Å²) in [6.07, 6.45) is 0.758. The lowest BCUT2D eigenvalue weighted by molar-refractivity contribution is -0.119. The minimum absolute atomic E-state index is 0.0337. The molecular weight excluding hydrogens is 330 g/mol. The van der Waals surface area contributed by atoms with E-state index in [0.29, 0.717) is 17.8 Å². The molecule has 0 atom stereocenters. The lowest BCUT2D eigenvalue weighted by Crippen LogP contribution is -2.28. The number of carbonyl (C=O) groups excluding carboxylic acids is 2. The van der Waals surface area contributed by atoms with Crippen molar-refractivity contribution in [3.05, 3.63) is 59.7 Å². The van der Waals surface area contributed by atoms with Crippen LogP contribution in [-0.2, 0) is 16.0 Å². The number of amides is 2. The summed E-state index contributed by atoms with van der Waals surface area (Å²) >= 11 is 0. The highest BCUT2D eigenvalue weighted by molar-refractivity contribution is 6.02. The first-order valence-electron chi connectivity index (χ1n) is 8.43. The maximum absolute atomic E-state index is 12.6. The number of rotatable bonds is 8. The quantitative estimate of drug-likeness (QED) is 0.762. The maximum atomic E-state index is 12.6. The predicted octanol–water partition coefficient (Wildman–Crippen LogP) is 2.31. The van der Waals surface area contributed by atoms with Crippen molar-refractivity contribution >= 4 is 23.2 Å². The fourth-order valence-electron chi connectivity index (χ4n) is 2.57. The van der Waals surface area contributed by atoms with Gasteiger partial charge in [0.2, 0.25) is 5.91 Å². The van der Waals surface area contributed by atoms with E-state index in [0.717, 1.165) is 12.1 Å². The van der Waals surface area contributed by atoms with Gasteiger partial charge in [0.05, 0.1) is 5.56 Å². The number of carbonyl (C=O) groups is 2. The average Bonchev–Trinajstić information content (AvgIpc) is 2.62. The van der Waals surface area contributed by atoms with Gasteiger partial charge in [0.25, 0.3) is 5.91 Å². The zero-order valence-corrected chi connectivity index (χ0v) is 15.4. The second-order valence-electron chi connectivity index (χ2n) is 6.10. The number of hydrogen-bond acceptors (Lipinski definition) is 4. The van der Waals surface area contributed by atoms with Crippen LogP contribution in [0.5, 0.6) is 0 Å². The maximum Gasteiger partial charge on any atom is 0.253 e. The highest BCUT2D eigenvalue weighted by atomic mass is 16.5. The summed E-state index contributed by atoms with van der Waals surface area (Å²) in [5.74, 6) is -0.437. The van der Waals surface area contributed by atoms with E-state index < -0.39 is 0 Å². The van der Waals surface area contributed by atoms with Crippen molar-refractivity contribution in [1.29, 1.82) is 0 Å². The van der Waals surface area contributed by atoms with Crippen molar-refractivity contribution in [2.24, 2.45) is 0 Å². The van der Waals surface area contributed by atoms with E-state index in [1.165, 1.54) is 12.7 Å². The smallest absolute Gasteiger partial charge is 0.253 e. The molecule has 0 unspecified atom stereocenters. The Labute approximate surface area is 154 Å². The molecule has 2 N–H and O–H groups in total. The zero-order chi connectivity index (χ0) is 18.9. The third-order valence-electron chi connectivity index (χ3n) is 3.82. The van der Waals surface area contributed by atoms with E-state index in [1.54, 1.807) is 12.1 Å². The van der Waals surface area contributed by atoms with Gasteiger partial charge in [-0.05, 0) is 30.2 Å². The third kappa shape index (κ3) is 5.60. The Kier molecular flexibility index (Phi) is 7.17. The number of nitrogens with zero attached hydrogens (tertiary/aromatic N) is 1. The molecule has 2 aromatic carbocycles. The summed E-state index contributed by atoms with van der Waals surface area (Å²) in [4.78, 5) is 26.2. The summed E-state index contributed by atoms with van der Waals surface area (Å²) in [6.45, 7) is 0.504. The minimum atomic E-state index is -0.263. The van der Waals surface area contributed by atoms with E-state index in [-0.39, 0.29) is 18.4 Å². The SMILES string of the molecule is COCC(=O)Nc1ccc(N(C)C)c(C(=O)NCCc2ccccc2)c1. The Hall–Kier alpha value is -2.86. The molecule has 138 valence electrons. The minimum Gasteiger partial charge on any atom is -0.377 e. The summed E-state index contributed by atoms with van der Waals surface area (Å²) < 4.78 is 4.81. The van der Waals surface area contributed by atoms with Crippen LogP contribution in [0.15, 0.2) is 48.5 Å². The second-order valence-corrected chi connectivity index (χ2v) is 6.10. The van der Waals surface area contributed by atoms with Gasteiger partial charge >= 0.3 is 0 Å². The van der Waals surface area contributed by atoms with Crippen LogP contribution in [-0.4, -0.2) is 46.2 Å². The number of ether oxygens (including phenoxy) is 1. The van der Waals surface area contributed by atoms with Gasteiger partial charge in [-0.15, -0.1) is 0 Å². The van der Waals surface area contributed by atoms with E-state index in [2.05, 4.69) is 10.6 Å². The van der Waals surface area contributed by atoms with Crippen LogP contribution in [0.1, 0.15) is 15.9 Å². The molecule has 0 fully saturated rings. The van der Waals surface area contributed by atoms with Crippen LogP contribution in [0.25, 0.3) is 0 Å². The Morgan fingerprint density at radius 2 is 1.81 bits per heavy atom. The highest BCUT2D eigenvalue weighted by Crippen LogP contribution is 2.23.